The minimum Gasteiger partial charge on any atom is -0.470 e. The quantitative estimate of drug-likeness (QED) is 0.513. The zero-order chi connectivity index (χ0) is 17.9. The van der Waals surface area contributed by atoms with Crippen molar-refractivity contribution in [2.45, 2.75) is 77.2 Å². The molecule has 0 radical (unpaired) electrons. The summed E-state index contributed by atoms with van der Waals surface area (Å²) in [5, 5.41) is 0.207. The largest absolute Gasteiger partial charge is 0.470 e. The Hall–Kier alpha value is 0.337. The Kier molecular flexibility index (Phi) is 7.57. The van der Waals surface area contributed by atoms with Crippen LogP contribution in [0.1, 0.15) is 41.0 Å². The van der Waals surface area contributed by atoms with Gasteiger partial charge in [0.1, 0.15) is 12.2 Å². The molecule has 0 aromatic rings. The van der Waals surface area contributed by atoms with Gasteiger partial charge in [-0.2, -0.15) is 0 Å². The van der Waals surface area contributed by atoms with Gasteiger partial charge in [0.05, 0.1) is 6.61 Å². The molecule has 1 aliphatic heterocycles. The van der Waals surface area contributed by atoms with Gasteiger partial charge in [0.2, 0.25) is 4.38 Å². The second-order valence-electron chi connectivity index (χ2n) is 7.88. The molecule has 0 unspecified atom stereocenters. The van der Waals surface area contributed by atoms with Gasteiger partial charge in [-0.1, -0.05) is 32.5 Å². The van der Waals surface area contributed by atoms with Crippen LogP contribution in [0.25, 0.3) is 0 Å². The van der Waals surface area contributed by atoms with Crippen LogP contribution >= 0.6 is 24.0 Å². The van der Waals surface area contributed by atoms with E-state index >= 15 is 0 Å². The van der Waals surface area contributed by atoms with Gasteiger partial charge >= 0.3 is 0 Å². The Labute approximate surface area is 152 Å². The van der Waals surface area contributed by atoms with Gasteiger partial charge in [-0.15, -0.1) is 0 Å². The molecule has 0 spiro atoms. The SMILES string of the molecule is CSC(=S)O[C@@H]1COC(C)(C)O[C@H]1CCO[Si](C)(C)C(C)(C)C. The predicted molar refractivity (Wildman–Crippen MR) is 104 cm³/mol. The van der Waals surface area contributed by atoms with Crippen molar-refractivity contribution in [2.24, 2.45) is 0 Å². The third-order valence-corrected chi connectivity index (χ3v) is 10.1. The first-order chi connectivity index (χ1) is 10.4. The lowest BCUT2D eigenvalue weighted by molar-refractivity contribution is -0.302. The summed E-state index contributed by atoms with van der Waals surface area (Å²) >= 11 is 6.60. The van der Waals surface area contributed by atoms with Crippen LogP contribution in [0.2, 0.25) is 18.1 Å². The second kappa shape index (κ2) is 8.14. The van der Waals surface area contributed by atoms with E-state index in [9.17, 15) is 0 Å². The lowest BCUT2D eigenvalue weighted by Crippen LogP contribution is -2.51. The number of rotatable bonds is 5. The third-order valence-electron chi connectivity index (χ3n) is 4.53. The van der Waals surface area contributed by atoms with Gasteiger partial charge < -0.3 is 18.6 Å². The number of ether oxygens (including phenoxy) is 3. The molecule has 0 aliphatic carbocycles. The molecular weight excluding hydrogens is 348 g/mol. The summed E-state index contributed by atoms with van der Waals surface area (Å²) in [6.07, 6.45) is 2.44. The number of hydrogen-bond donors (Lipinski definition) is 0. The van der Waals surface area contributed by atoms with Crippen LogP contribution in [0, 0.1) is 0 Å². The zero-order valence-electron chi connectivity index (χ0n) is 15.7. The third kappa shape index (κ3) is 6.63. The van der Waals surface area contributed by atoms with E-state index < -0.39 is 14.1 Å². The molecule has 0 saturated carbocycles. The van der Waals surface area contributed by atoms with Gasteiger partial charge in [0.25, 0.3) is 0 Å². The van der Waals surface area contributed by atoms with Crippen molar-refractivity contribution >= 4 is 36.7 Å². The van der Waals surface area contributed by atoms with Gasteiger partial charge in [-0.3, -0.25) is 0 Å². The van der Waals surface area contributed by atoms with E-state index in [0.29, 0.717) is 17.6 Å². The first-order valence-electron chi connectivity index (χ1n) is 8.08. The van der Waals surface area contributed by atoms with E-state index in [0.717, 1.165) is 6.42 Å². The molecule has 7 heteroatoms. The average Bonchev–Trinajstić information content (AvgIpc) is 2.39. The van der Waals surface area contributed by atoms with E-state index in [4.69, 9.17) is 30.9 Å². The average molecular weight is 381 g/mol. The minimum absolute atomic E-state index is 0.0754. The highest BCUT2D eigenvalue weighted by atomic mass is 32.2. The van der Waals surface area contributed by atoms with Gasteiger partial charge in [-0.05, 0) is 56.9 Å². The lowest BCUT2D eigenvalue weighted by atomic mass is 10.1. The first-order valence-corrected chi connectivity index (χ1v) is 12.6. The summed E-state index contributed by atoms with van der Waals surface area (Å²) in [6.45, 7) is 16.3. The summed E-state index contributed by atoms with van der Waals surface area (Å²) in [7, 11) is -1.74. The maximum atomic E-state index is 6.27. The number of thiocarbonyl (C=S) groups is 1. The number of thioether (sulfide) groups is 1. The maximum Gasteiger partial charge on any atom is 0.220 e. The van der Waals surface area contributed by atoms with Crippen molar-refractivity contribution in [3.63, 3.8) is 0 Å². The molecule has 0 bridgehead atoms. The Balaban J connectivity index is 2.63. The van der Waals surface area contributed by atoms with E-state index in [-0.39, 0.29) is 17.2 Å². The molecule has 1 heterocycles. The van der Waals surface area contributed by atoms with Gasteiger partial charge in [-0.25, -0.2) is 0 Å². The molecule has 2 atom stereocenters. The summed E-state index contributed by atoms with van der Waals surface area (Å²) < 4.78 is 24.3. The lowest BCUT2D eigenvalue weighted by Gasteiger charge is -2.41. The fourth-order valence-electron chi connectivity index (χ4n) is 2.04. The van der Waals surface area contributed by atoms with Crippen LogP contribution < -0.4 is 0 Å². The molecule has 1 saturated heterocycles. The van der Waals surface area contributed by atoms with Crippen molar-refractivity contribution in [1.82, 2.24) is 0 Å². The highest BCUT2D eigenvalue weighted by molar-refractivity contribution is 8.22. The van der Waals surface area contributed by atoms with Crippen LogP contribution in [-0.4, -0.2) is 50.2 Å². The monoisotopic (exact) mass is 380 g/mol. The maximum absolute atomic E-state index is 6.27. The molecule has 0 amide bonds. The van der Waals surface area contributed by atoms with Gasteiger partial charge in [0, 0.05) is 6.61 Å². The van der Waals surface area contributed by atoms with Crippen LogP contribution in [0.15, 0.2) is 0 Å². The molecule has 0 aromatic carbocycles. The molecule has 0 N–H and O–H groups in total. The summed E-state index contributed by atoms with van der Waals surface area (Å²) in [5.74, 6) is -0.595. The molecule has 1 aliphatic rings. The second-order valence-corrected chi connectivity index (χ2v) is 14.1. The van der Waals surface area contributed by atoms with Crippen molar-refractivity contribution in [3.05, 3.63) is 0 Å². The standard InChI is InChI=1S/C16H32O4S2Si/c1-15(2,3)23(7,8)18-10-9-12-13(19-14(21)22-6)11-17-16(4,5)20-12/h12-13H,9-11H2,1-8H3/t12-,13+/m0/s1. The first kappa shape index (κ1) is 21.4. The molecule has 23 heavy (non-hydrogen) atoms. The summed E-state index contributed by atoms with van der Waals surface area (Å²) in [5.41, 5.74) is 0. The van der Waals surface area contributed by atoms with Crippen molar-refractivity contribution in [3.8, 4) is 0 Å². The number of hydrogen-bond acceptors (Lipinski definition) is 6. The van der Waals surface area contributed by atoms with Crippen LogP contribution in [0.3, 0.4) is 0 Å². The van der Waals surface area contributed by atoms with E-state index in [1.54, 1.807) is 0 Å². The van der Waals surface area contributed by atoms with Gasteiger partial charge in [0.15, 0.2) is 14.1 Å². The van der Waals surface area contributed by atoms with Crippen LogP contribution in [-0.2, 0) is 18.6 Å². The Bertz CT molecular complexity index is 407. The predicted octanol–water partition coefficient (Wildman–Crippen LogP) is 4.58. The molecule has 4 nitrogen and oxygen atoms in total. The van der Waals surface area contributed by atoms with Crippen LogP contribution in [0.5, 0.6) is 0 Å². The van der Waals surface area contributed by atoms with Crippen molar-refractivity contribution < 1.29 is 18.6 Å². The molecule has 1 fully saturated rings. The normalized spacial score (nSPS) is 25.2. The van der Waals surface area contributed by atoms with Crippen LogP contribution in [0.4, 0.5) is 0 Å². The highest BCUT2D eigenvalue weighted by Gasteiger charge is 2.40. The molecular formula is C16H32O4S2Si. The smallest absolute Gasteiger partial charge is 0.220 e. The molecule has 0 aromatic heterocycles. The molecule has 1 rings (SSSR count). The summed E-state index contributed by atoms with van der Waals surface area (Å²) in [4.78, 5) is 0. The van der Waals surface area contributed by atoms with Crippen molar-refractivity contribution in [2.75, 3.05) is 19.5 Å². The fourth-order valence-corrected chi connectivity index (χ4v) is 3.44. The minimum atomic E-state index is -1.74. The summed E-state index contributed by atoms with van der Waals surface area (Å²) in [6, 6.07) is 0. The van der Waals surface area contributed by atoms with E-state index in [2.05, 4.69) is 33.9 Å². The van der Waals surface area contributed by atoms with E-state index in [1.807, 2.05) is 20.1 Å². The Morgan fingerprint density at radius 3 is 2.48 bits per heavy atom. The molecule has 136 valence electrons. The zero-order valence-corrected chi connectivity index (χ0v) is 18.4. The van der Waals surface area contributed by atoms with Crippen molar-refractivity contribution in [1.29, 1.82) is 0 Å². The fraction of sp³-hybridized carbons (Fsp3) is 0.938. The Morgan fingerprint density at radius 2 is 1.96 bits per heavy atom. The highest BCUT2D eigenvalue weighted by Crippen LogP contribution is 2.37. The van der Waals surface area contributed by atoms with E-state index in [1.165, 1.54) is 11.8 Å². The Morgan fingerprint density at radius 1 is 1.35 bits per heavy atom. The topological polar surface area (TPSA) is 36.9 Å².